The fourth-order valence-corrected chi connectivity index (χ4v) is 3.72. The van der Waals surface area contributed by atoms with Crippen LogP contribution in [0.25, 0.3) is 11.0 Å². The molecule has 1 aliphatic rings. The first-order valence-corrected chi connectivity index (χ1v) is 8.38. The molecule has 0 spiro atoms. The lowest BCUT2D eigenvalue weighted by atomic mass is 9.92. The third-order valence-corrected chi connectivity index (χ3v) is 5.06. The SMILES string of the molecule is C=CC(C)(C)CN1Cc2cc(Cl)cc3[nH]c(=S)n(c23)C[C@@H]1C. The Morgan fingerprint density at radius 2 is 2.23 bits per heavy atom. The van der Waals surface area contributed by atoms with E-state index in [1.54, 1.807) is 0 Å². The van der Waals surface area contributed by atoms with Crippen LogP contribution in [0, 0.1) is 10.2 Å². The molecular formula is C17H22ClN3S. The predicted molar refractivity (Wildman–Crippen MR) is 96.0 cm³/mol. The molecule has 0 saturated carbocycles. The van der Waals surface area contributed by atoms with Gasteiger partial charge >= 0.3 is 0 Å². The smallest absolute Gasteiger partial charge is 0.178 e. The number of hydrogen-bond donors (Lipinski definition) is 1. The quantitative estimate of drug-likeness (QED) is 0.645. The molecule has 1 aliphatic heterocycles. The van der Waals surface area contributed by atoms with Crippen molar-refractivity contribution < 1.29 is 0 Å². The van der Waals surface area contributed by atoms with Crippen LogP contribution in [0.5, 0.6) is 0 Å². The van der Waals surface area contributed by atoms with Gasteiger partial charge in [-0.25, -0.2) is 0 Å². The normalized spacial score (nSPS) is 19.4. The van der Waals surface area contributed by atoms with Gasteiger partial charge in [-0.15, -0.1) is 6.58 Å². The van der Waals surface area contributed by atoms with Crippen LogP contribution < -0.4 is 0 Å². The molecule has 1 aromatic carbocycles. The molecule has 3 rings (SSSR count). The second kappa shape index (κ2) is 5.52. The van der Waals surface area contributed by atoms with Crippen LogP contribution in [0.1, 0.15) is 26.3 Å². The molecule has 1 aromatic heterocycles. The van der Waals surface area contributed by atoms with Crippen molar-refractivity contribution in [3.63, 3.8) is 0 Å². The van der Waals surface area contributed by atoms with E-state index in [-0.39, 0.29) is 5.41 Å². The standard InChI is InChI=1S/C17H22ClN3S/c1-5-17(3,4)10-20-9-12-6-13(18)7-14-15(12)21(8-11(20)2)16(22)19-14/h5-7,11H,1,8-10H2,2-4H3,(H,19,22)/t11-/m0/s1. The van der Waals surface area contributed by atoms with Gasteiger partial charge in [0, 0.05) is 30.7 Å². The summed E-state index contributed by atoms with van der Waals surface area (Å²) in [5.41, 5.74) is 3.54. The van der Waals surface area contributed by atoms with Crippen LogP contribution in [0.3, 0.4) is 0 Å². The van der Waals surface area contributed by atoms with E-state index < -0.39 is 0 Å². The zero-order valence-corrected chi connectivity index (χ0v) is 14.9. The number of nitrogens with one attached hydrogen (secondary N) is 1. The fraction of sp³-hybridized carbons (Fsp3) is 0.471. The summed E-state index contributed by atoms with van der Waals surface area (Å²) in [4.78, 5) is 5.78. The van der Waals surface area contributed by atoms with Crippen LogP contribution in [-0.4, -0.2) is 27.0 Å². The number of benzene rings is 1. The molecule has 0 bridgehead atoms. The molecule has 0 aliphatic carbocycles. The second-order valence-corrected chi connectivity index (χ2v) is 7.77. The van der Waals surface area contributed by atoms with Gasteiger partial charge in [0.15, 0.2) is 4.77 Å². The lowest BCUT2D eigenvalue weighted by Gasteiger charge is -2.33. The minimum atomic E-state index is 0.0773. The molecule has 118 valence electrons. The molecule has 0 saturated heterocycles. The number of halogens is 1. The molecular weight excluding hydrogens is 314 g/mol. The van der Waals surface area contributed by atoms with Gasteiger partial charge in [0.25, 0.3) is 0 Å². The Hall–Kier alpha value is -1.10. The van der Waals surface area contributed by atoms with E-state index in [1.807, 2.05) is 12.1 Å². The van der Waals surface area contributed by atoms with E-state index in [1.165, 1.54) is 11.1 Å². The molecule has 0 unspecified atom stereocenters. The minimum Gasteiger partial charge on any atom is -0.331 e. The molecule has 3 nitrogen and oxygen atoms in total. The first-order chi connectivity index (χ1) is 10.3. The Morgan fingerprint density at radius 3 is 2.91 bits per heavy atom. The van der Waals surface area contributed by atoms with Crippen LogP contribution in [0.2, 0.25) is 5.02 Å². The zero-order chi connectivity index (χ0) is 16.1. The highest BCUT2D eigenvalue weighted by Crippen LogP contribution is 2.30. The number of nitrogens with zero attached hydrogens (tertiary/aromatic N) is 2. The number of aromatic amines is 1. The predicted octanol–water partition coefficient (Wildman–Crippen LogP) is 4.77. The van der Waals surface area contributed by atoms with Crippen LogP contribution in [-0.2, 0) is 13.1 Å². The van der Waals surface area contributed by atoms with Gasteiger partial charge in [-0.2, -0.15) is 0 Å². The monoisotopic (exact) mass is 335 g/mol. The van der Waals surface area contributed by atoms with Crippen molar-refractivity contribution in [2.24, 2.45) is 5.41 Å². The number of rotatable bonds is 3. The highest BCUT2D eigenvalue weighted by Gasteiger charge is 2.27. The van der Waals surface area contributed by atoms with Crippen LogP contribution in [0.4, 0.5) is 0 Å². The van der Waals surface area contributed by atoms with Gasteiger partial charge in [-0.1, -0.05) is 31.5 Å². The number of H-pyrrole nitrogens is 1. The summed E-state index contributed by atoms with van der Waals surface area (Å²) in [6, 6.07) is 4.42. The average molecular weight is 336 g/mol. The Kier molecular flexibility index (Phi) is 3.96. The minimum absolute atomic E-state index is 0.0773. The van der Waals surface area contributed by atoms with Gasteiger partial charge < -0.3 is 9.55 Å². The number of hydrogen-bond acceptors (Lipinski definition) is 2. The van der Waals surface area contributed by atoms with Crippen molar-refractivity contribution in [3.05, 3.63) is 40.1 Å². The maximum absolute atomic E-state index is 6.29. The van der Waals surface area contributed by atoms with E-state index >= 15 is 0 Å². The van der Waals surface area contributed by atoms with Crippen molar-refractivity contribution in [1.29, 1.82) is 0 Å². The van der Waals surface area contributed by atoms with E-state index in [9.17, 15) is 0 Å². The molecule has 22 heavy (non-hydrogen) atoms. The van der Waals surface area contributed by atoms with Crippen LogP contribution >= 0.6 is 23.8 Å². The molecule has 5 heteroatoms. The van der Waals surface area contributed by atoms with Gasteiger partial charge in [0.05, 0.1) is 11.0 Å². The Morgan fingerprint density at radius 1 is 1.50 bits per heavy atom. The summed E-state index contributed by atoms with van der Waals surface area (Å²) in [5, 5.41) is 0.753. The van der Waals surface area contributed by atoms with Gasteiger partial charge in [0.2, 0.25) is 0 Å². The van der Waals surface area contributed by atoms with Gasteiger partial charge in [-0.3, -0.25) is 4.90 Å². The first-order valence-electron chi connectivity index (χ1n) is 7.59. The second-order valence-electron chi connectivity index (χ2n) is 6.95. The molecule has 0 amide bonds. The Labute approximate surface area is 141 Å². The highest BCUT2D eigenvalue weighted by atomic mass is 35.5. The van der Waals surface area contributed by atoms with E-state index in [0.29, 0.717) is 6.04 Å². The lowest BCUT2D eigenvalue weighted by Crippen LogP contribution is -2.40. The Balaban J connectivity index is 2.09. The zero-order valence-electron chi connectivity index (χ0n) is 13.3. The summed E-state index contributed by atoms with van der Waals surface area (Å²) in [6.07, 6.45) is 2.03. The molecule has 2 heterocycles. The van der Waals surface area contributed by atoms with Crippen molar-refractivity contribution in [2.45, 2.75) is 39.9 Å². The topological polar surface area (TPSA) is 24.0 Å². The molecule has 0 fully saturated rings. The summed E-state index contributed by atoms with van der Waals surface area (Å²) < 4.78 is 2.98. The molecule has 1 N–H and O–H groups in total. The summed E-state index contributed by atoms with van der Waals surface area (Å²) in [6.45, 7) is 13.4. The molecule has 0 radical (unpaired) electrons. The third kappa shape index (κ3) is 2.75. The maximum Gasteiger partial charge on any atom is 0.178 e. The summed E-state index contributed by atoms with van der Waals surface area (Å²) in [7, 11) is 0. The van der Waals surface area contributed by atoms with Gasteiger partial charge in [0.1, 0.15) is 0 Å². The highest BCUT2D eigenvalue weighted by molar-refractivity contribution is 7.71. The molecule has 1 atom stereocenters. The van der Waals surface area contributed by atoms with E-state index in [0.717, 1.165) is 34.9 Å². The fourth-order valence-electron chi connectivity index (χ4n) is 3.20. The first kappa shape index (κ1) is 15.8. The molecule has 2 aromatic rings. The lowest BCUT2D eigenvalue weighted by molar-refractivity contribution is 0.144. The third-order valence-electron chi connectivity index (χ3n) is 4.52. The van der Waals surface area contributed by atoms with Crippen molar-refractivity contribution in [3.8, 4) is 0 Å². The van der Waals surface area contributed by atoms with E-state index in [4.69, 9.17) is 23.8 Å². The van der Waals surface area contributed by atoms with E-state index in [2.05, 4.69) is 47.9 Å². The van der Waals surface area contributed by atoms with Crippen molar-refractivity contribution in [1.82, 2.24) is 14.5 Å². The van der Waals surface area contributed by atoms with Crippen molar-refractivity contribution in [2.75, 3.05) is 6.54 Å². The van der Waals surface area contributed by atoms with Crippen LogP contribution in [0.15, 0.2) is 24.8 Å². The maximum atomic E-state index is 6.29. The van der Waals surface area contributed by atoms with Gasteiger partial charge in [-0.05, 0) is 42.3 Å². The largest absolute Gasteiger partial charge is 0.331 e. The average Bonchev–Trinajstić information content (AvgIpc) is 2.65. The summed E-state index contributed by atoms with van der Waals surface area (Å²) in [5.74, 6) is 0. The number of aromatic nitrogens is 2. The van der Waals surface area contributed by atoms with Crippen molar-refractivity contribution >= 4 is 34.9 Å². The Bertz CT molecular complexity index is 787. The number of imidazole rings is 1. The summed E-state index contributed by atoms with van der Waals surface area (Å²) >= 11 is 11.8.